The predicted molar refractivity (Wildman–Crippen MR) is 194 cm³/mol. The van der Waals surface area contributed by atoms with Gasteiger partial charge in [0.2, 0.25) is 0 Å². The minimum Gasteiger partial charge on any atom is -0.462 e. The molecule has 11 nitrogen and oxygen atoms in total. The lowest BCUT2D eigenvalue weighted by Gasteiger charge is -2.44. The van der Waals surface area contributed by atoms with Gasteiger partial charge in [0, 0.05) is 6.42 Å². The van der Waals surface area contributed by atoms with E-state index >= 15 is 0 Å². The molecule has 1 fully saturated rings. The first-order valence-corrected chi connectivity index (χ1v) is 17.3. The van der Waals surface area contributed by atoms with E-state index in [1.165, 1.54) is 24.3 Å². The molecule has 0 bridgehead atoms. The molecule has 0 amide bonds. The standard InChI is InChI=1S/C43H36O11/c44-39(29-16-6-1-7-17-29)49-27-26-34-36(52-41(46)31-20-10-3-11-21-31)38(54-43(48)33-24-14-5-15-25-33)37(53-42(47)32-22-12-4-13-23-32)35(51-34)28-50-40(45)30-18-8-2-9-19-30/h1-25,34-38H,26-28H2/t34-,35-,36+,37-,38-/m1/s1. The van der Waals surface area contributed by atoms with E-state index in [2.05, 4.69) is 0 Å². The van der Waals surface area contributed by atoms with Crippen LogP contribution in [-0.2, 0) is 28.4 Å². The van der Waals surface area contributed by atoms with Crippen molar-refractivity contribution in [3.63, 3.8) is 0 Å². The van der Waals surface area contributed by atoms with Gasteiger partial charge in [0.05, 0.1) is 34.4 Å². The van der Waals surface area contributed by atoms with Gasteiger partial charge in [-0.15, -0.1) is 0 Å². The van der Waals surface area contributed by atoms with E-state index in [0.29, 0.717) is 5.56 Å². The van der Waals surface area contributed by atoms with E-state index in [-0.39, 0.29) is 35.3 Å². The number of hydrogen-bond acceptors (Lipinski definition) is 11. The maximum Gasteiger partial charge on any atom is 0.338 e. The molecule has 274 valence electrons. The van der Waals surface area contributed by atoms with E-state index in [0.717, 1.165) is 0 Å². The SMILES string of the molecule is O=C(OCC[C@H]1O[C@H](COC(=O)c2ccccc2)[C@@H](OC(=O)c2ccccc2)[C@H](OC(=O)c2ccccc2)[C@H]1OC(=O)c1ccccc1)c1ccccc1. The van der Waals surface area contributed by atoms with Crippen LogP contribution >= 0.6 is 0 Å². The number of carbonyl (C=O) groups excluding carboxylic acids is 5. The summed E-state index contributed by atoms with van der Waals surface area (Å²) in [6.07, 6.45) is -6.81. The molecule has 0 unspecified atom stereocenters. The molecular weight excluding hydrogens is 692 g/mol. The average Bonchev–Trinajstić information content (AvgIpc) is 3.23. The van der Waals surface area contributed by atoms with Gasteiger partial charge in [-0.05, 0) is 60.7 Å². The first-order chi connectivity index (χ1) is 26.4. The molecule has 0 aromatic heterocycles. The summed E-state index contributed by atoms with van der Waals surface area (Å²) in [4.78, 5) is 67.0. The molecule has 5 aromatic rings. The molecule has 1 heterocycles. The molecule has 0 radical (unpaired) electrons. The van der Waals surface area contributed by atoms with Crippen LogP contribution in [0.25, 0.3) is 0 Å². The molecule has 0 N–H and O–H groups in total. The van der Waals surface area contributed by atoms with E-state index < -0.39 is 67.0 Å². The van der Waals surface area contributed by atoms with Gasteiger partial charge in [-0.25, -0.2) is 24.0 Å². The maximum atomic E-state index is 13.7. The Morgan fingerprint density at radius 2 is 0.704 bits per heavy atom. The highest BCUT2D eigenvalue weighted by molar-refractivity contribution is 5.92. The van der Waals surface area contributed by atoms with Gasteiger partial charge < -0.3 is 28.4 Å². The van der Waals surface area contributed by atoms with Crippen molar-refractivity contribution in [3.05, 3.63) is 179 Å². The lowest BCUT2D eigenvalue weighted by atomic mass is 9.92. The van der Waals surface area contributed by atoms with Gasteiger partial charge in [-0.2, -0.15) is 0 Å². The van der Waals surface area contributed by atoms with Crippen molar-refractivity contribution < 1.29 is 52.4 Å². The monoisotopic (exact) mass is 728 g/mol. The first kappa shape index (κ1) is 37.2. The fraction of sp³-hybridized carbons (Fsp3) is 0.186. The van der Waals surface area contributed by atoms with E-state index in [9.17, 15) is 24.0 Å². The summed E-state index contributed by atoms with van der Waals surface area (Å²) >= 11 is 0. The smallest absolute Gasteiger partial charge is 0.338 e. The summed E-state index contributed by atoms with van der Waals surface area (Å²) in [6, 6.07) is 41.0. The quantitative estimate of drug-likeness (QED) is 0.0965. The average molecular weight is 729 g/mol. The van der Waals surface area contributed by atoms with Crippen LogP contribution in [0.5, 0.6) is 0 Å². The van der Waals surface area contributed by atoms with Gasteiger partial charge in [0.25, 0.3) is 0 Å². The summed E-state index contributed by atoms with van der Waals surface area (Å²) in [5.74, 6) is -3.67. The Balaban J connectivity index is 1.36. The fourth-order valence-electron chi connectivity index (χ4n) is 5.81. The number of ether oxygens (including phenoxy) is 6. The third kappa shape index (κ3) is 9.64. The molecule has 5 aromatic carbocycles. The number of hydrogen-bond donors (Lipinski definition) is 0. The first-order valence-electron chi connectivity index (χ1n) is 17.3. The number of rotatable bonds is 13. The normalized spacial score (nSPS) is 19.1. The molecule has 11 heteroatoms. The van der Waals surface area contributed by atoms with Gasteiger partial charge in [0.15, 0.2) is 18.3 Å². The highest BCUT2D eigenvalue weighted by Crippen LogP contribution is 2.32. The summed E-state index contributed by atoms with van der Waals surface area (Å²) in [5.41, 5.74) is 1.13. The topological polar surface area (TPSA) is 141 Å². The van der Waals surface area contributed by atoms with Crippen LogP contribution in [0, 0.1) is 0 Å². The molecule has 6 rings (SSSR count). The van der Waals surface area contributed by atoms with Crippen LogP contribution in [0.15, 0.2) is 152 Å². The Bertz CT molecular complexity index is 2010. The van der Waals surface area contributed by atoms with Crippen LogP contribution in [0.4, 0.5) is 0 Å². The van der Waals surface area contributed by atoms with Crippen molar-refractivity contribution >= 4 is 29.8 Å². The van der Waals surface area contributed by atoms with Crippen molar-refractivity contribution in [2.45, 2.75) is 36.9 Å². The van der Waals surface area contributed by atoms with Crippen molar-refractivity contribution in [1.29, 1.82) is 0 Å². The third-order valence-corrected chi connectivity index (χ3v) is 8.52. The van der Waals surface area contributed by atoms with Crippen LogP contribution in [-0.4, -0.2) is 73.6 Å². The Labute approximate surface area is 311 Å². The van der Waals surface area contributed by atoms with E-state index in [1.54, 1.807) is 127 Å². The molecular formula is C43H36O11. The fourth-order valence-corrected chi connectivity index (χ4v) is 5.81. The van der Waals surface area contributed by atoms with Gasteiger partial charge in [0.1, 0.15) is 18.8 Å². The molecule has 1 aliphatic heterocycles. The molecule has 1 aliphatic rings. The number of benzene rings is 5. The van der Waals surface area contributed by atoms with Crippen LogP contribution in [0.3, 0.4) is 0 Å². The van der Waals surface area contributed by atoms with Crippen LogP contribution < -0.4 is 0 Å². The van der Waals surface area contributed by atoms with Crippen molar-refractivity contribution in [3.8, 4) is 0 Å². The minimum absolute atomic E-state index is 0.0623. The van der Waals surface area contributed by atoms with E-state index in [1.807, 2.05) is 0 Å². The summed E-state index contributed by atoms with van der Waals surface area (Å²) in [5, 5.41) is 0. The highest BCUT2D eigenvalue weighted by atomic mass is 16.7. The molecule has 0 saturated carbocycles. The Hall–Kier alpha value is -6.59. The Kier molecular flexibility index (Phi) is 12.6. The van der Waals surface area contributed by atoms with Crippen LogP contribution in [0.1, 0.15) is 58.2 Å². The maximum absolute atomic E-state index is 13.7. The predicted octanol–water partition coefficient (Wildman–Crippen LogP) is 6.53. The summed E-state index contributed by atoms with van der Waals surface area (Å²) in [6.45, 7) is -0.665. The number of esters is 5. The van der Waals surface area contributed by atoms with Crippen molar-refractivity contribution in [2.75, 3.05) is 13.2 Å². The van der Waals surface area contributed by atoms with Crippen molar-refractivity contribution in [1.82, 2.24) is 0 Å². The van der Waals surface area contributed by atoms with Crippen molar-refractivity contribution in [2.24, 2.45) is 0 Å². The lowest BCUT2D eigenvalue weighted by Crippen LogP contribution is -2.62. The second-order valence-corrected chi connectivity index (χ2v) is 12.2. The van der Waals surface area contributed by atoms with Gasteiger partial charge >= 0.3 is 29.8 Å². The van der Waals surface area contributed by atoms with Crippen LogP contribution in [0.2, 0.25) is 0 Å². The minimum atomic E-state index is -1.50. The highest BCUT2D eigenvalue weighted by Gasteiger charge is 2.53. The Morgan fingerprint density at radius 3 is 1.09 bits per heavy atom. The zero-order valence-corrected chi connectivity index (χ0v) is 28.9. The molecule has 54 heavy (non-hydrogen) atoms. The van der Waals surface area contributed by atoms with Gasteiger partial charge in [-0.1, -0.05) is 91.0 Å². The second kappa shape index (κ2) is 18.3. The largest absolute Gasteiger partial charge is 0.462 e. The number of carbonyl (C=O) groups is 5. The molecule has 5 atom stereocenters. The molecule has 0 spiro atoms. The zero-order chi connectivity index (χ0) is 37.7. The van der Waals surface area contributed by atoms with E-state index in [4.69, 9.17) is 28.4 Å². The summed E-state index contributed by atoms with van der Waals surface area (Å²) < 4.78 is 35.9. The third-order valence-electron chi connectivity index (χ3n) is 8.52. The summed E-state index contributed by atoms with van der Waals surface area (Å²) in [7, 11) is 0. The second-order valence-electron chi connectivity index (χ2n) is 12.2. The lowest BCUT2D eigenvalue weighted by molar-refractivity contribution is -0.231. The zero-order valence-electron chi connectivity index (χ0n) is 28.9. The Morgan fingerprint density at radius 1 is 0.389 bits per heavy atom. The molecule has 0 aliphatic carbocycles. The molecule has 1 saturated heterocycles. The van der Waals surface area contributed by atoms with Gasteiger partial charge in [-0.3, -0.25) is 0 Å².